The number of hydrogen-bond acceptors (Lipinski definition) is 2. The van der Waals surface area contributed by atoms with Gasteiger partial charge < -0.3 is 15.1 Å². The third kappa shape index (κ3) is 3.15. The van der Waals surface area contributed by atoms with Crippen molar-refractivity contribution < 1.29 is 5.11 Å². The molecule has 0 spiro atoms. The second kappa shape index (κ2) is 5.37. The number of aliphatic hydroxyl groups is 1. The van der Waals surface area contributed by atoms with Gasteiger partial charge in [-0.25, -0.2) is 4.79 Å². The van der Waals surface area contributed by atoms with Gasteiger partial charge in [0.05, 0.1) is 17.1 Å². The highest BCUT2D eigenvalue weighted by molar-refractivity contribution is 9.10. The van der Waals surface area contributed by atoms with Crippen molar-refractivity contribution in [2.24, 2.45) is 11.3 Å². The molecule has 20 heavy (non-hydrogen) atoms. The predicted octanol–water partition coefficient (Wildman–Crippen LogP) is 3.72. The first-order chi connectivity index (χ1) is 9.18. The van der Waals surface area contributed by atoms with Crippen molar-refractivity contribution in [3.63, 3.8) is 0 Å². The van der Waals surface area contributed by atoms with Crippen LogP contribution in [-0.4, -0.2) is 15.1 Å². The Bertz CT molecular complexity index is 667. The fraction of sp³-hybridized carbons (Fsp3) is 0.533. The molecular weight excluding hydrogens is 320 g/mol. The van der Waals surface area contributed by atoms with Gasteiger partial charge in [-0.2, -0.15) is 0 Å². The number of benzene rings is 1. The highest BCUT2D eigenvalue weighted by atomic mass is 79.9. The molecule has 0 aliphatic heterocycles. The number of aliphatic hydroxyl groups excluding tert-OH is 1. The second-order valence-corrected chi connectivity index (χ2v) is 7.37. The van der Waals surface area contributed by atoms with Crippen LogP contribution in [0.2, 0.25) is 0 Å². The van der Waals surface area contributed by atoms with Crippen LogP contribution in [0.1, 0.15) is 45.8 Å². The summed E-state index contributed by atoms with van der Waals surface area (Å²) in [6.07, 6.45) is 0.129. The number of nitrogens with one attached hydrogen (secondary N) is 2. The highest BCUT2D eigenvalue weighted by Crippen LogP contribution is 2.36. The molecule has 2 aromatic rings. The van der Waals surface area contributed by atoms with Crippen LogP contribution in [0.25, 0.3) is 11.0 Å². The van der Waals surface area contributed by atoms with E-state index in [-0.39, 0.29) is 11.1 Å². The Morgan fingerprint density at radius 1 is 1.25 bits per heavy atom. The molecule has 0 aliphatic carbocycles. The van der Waals surface area contributed by atoms with Gasteiger partial charge in [-0.3, -0.25) is 0 Å². The van der Waals surface area contributed by atoms with Crippen molar-refractivity contribution in [2.45, 2.75) is 40.2 Å². The maximum absolute atomic E-state index is 11.3. The monoisotopic (exact) mass is 340 g/mol. The molecule has 2 unspecified atom stereocenters. The van der Waals surface area contributed by atoms with E-state index in [2.05, 4.69) is 53.6 Å². The molecule has 0 radical (unpaired) electrons. The van der Waals surface area contributed by atoms with Crippen LogP contribution < -0.4 is 5.69 Å². The van der Waals surface area contributed by atoms with E-state index in [9.17, 15) is 9.90 Å². The number of rotatable bonds is 3. The molecular formula is C15H21BrN2O2. The van der Waals surface area contributed by atoms with Crippen LogP contribution in [0.5, 0.6) is 0 Å². The maximum atomic E-state index is 11.3. The molecule has 1 aromatic heterocycles. The molecule has 110 valence electrons. The number of H-pyrrole nitrogens is 2. The van der Waals surface area contributed by atoms with Crippen LogP contribution >= 0.6 is 15.9 Å². The van der Waals surface area contributed by atoms with E-state index in [1.165, 1.54) is 0 Å². The third-order valence-electron chi connectivity index (χ3n) is 4.05. The van der Waals surface area contributed by atoms with E-state index in [1.54, 1.807) is 0 Å². The fourth-order valence-corrected chi connectivity index (χ4v) is 2.75. The Kier molecular flexibility index (Phi) is 4.12. The van der Waals surface area contributed by atoms with Crippen molar-refractivity contribution >= 4 is 27.0 Å². The normalized spacial score (nSPS) is 15.5. The SMILES string of the molecule is CC(CC(O)c1cc2[nH]c(=O)[nH]c2cc1Br)C(C)(C)C. The molecule has 0 aliphatic rings. The van der Waals surface area contributed by atoms with Crippen molar-refractivity contribution in [3.8, 4) is 0 Å². The standard InChI is InChI=1S/C15H21BrN2O2/c1-8(15(2,3)4)5-13(19)9-6-11-12(7-10(9)16)18-14(20)17-11/h6-8,13,19H,5H2,1-4H3,(H2,17,18,20). The molecule has 0 bridgehead atoms. The highest BCUT2D eigenvalue weighted by Gasteiger charge is 2.24. The Balaban J connectivity index is 2.32. The van der Waals surface area contributed by atoms with E-state index in [1.807, 2.05) is 12.1 Å². The number of halogens is 1. The zero-order valence-corrected chi connectivity index (χ0v) is 13.8. The van der Waals surface area contributed by atoms with Crippen molar-refractivity contribution in [1.29, 1.82) is 0 Å². The summed E-state index contributed by atoms with van der Waals surface area (Å²) >= 11 is 3.47. The lowest BCUT2D eigenvalue weighted by molar-refractivity contribution is 0.110. The molecule has 0 fully saturated rings. The van der Waals surface area contributed by atoms with Crippen LogP contribution in [0, 0.1) is 11.3 Å². The first-order valence-electron chi connectivity index (χ1n) is 6.78. The maximum Gasteiger partial charge on any atom is 0.323 e. The van der Waals surface area contributed by atoms with Gasteiger partial charge in [0, 0.05) is 4.47 Å². The lowest BCUT2D eigenvalue weighted by atomic mass is 9.78. The zero-order chi connectivity index (χ0) is 15.1. The minimum Gasteiger partial charge on any atom is -0.388 e. The van der Waals surface area contributed by atoms with Crippen LogP contribution in [0.4, 0.5) is 0 Å². The Morgan fingerprint density at radius 3 is 2.35 bits per heavy atom. The average Bonchev–Trinajstić information content (AvgIpc) is 2.65. The molecule has 0 saturated carbocycles. The van der Waals surface area contributed by atoms with E-state index < -0.39 is 6.10 Å². The molecule has 1 heterocycles. The predicted molar refractivity (Wildman–Crippen MR) is 84.8 cm³/mol. The lowest BCUT2D eigenvalue weighted by Crippen LogP contribution is -2.20. The fourth-order valence-electron chi connectivity index (χ4n) is 2.14. The summed E-state index contributed by atoms with van der Waals surface area (Å²) in [5.41, 5.74) is 2.18. The van der Waals surface area contributed by atoms with Crippen LogP contribution in [0.15, 0.2) is 21.4 Å². The largest absolute Gasteiger partial charge is 0.388 e. The van der Waals surface area contributed by atoms with Gasteiger partial charge in [0.25, 0.3) is 0 Å². The van der Waals surface area contributed by atoms with Gasteiger partial charge in [0.2, 0.25) is 0 Å². The van der Waals surface area contributed by atoms with Crippen molar-refractivity contribution in [1.82, 2.24) is 9.97 Å². The van der Waals surface area contributed by atoms with E-state index >= 15 is 0 Å². The Hall–Kier alpha value is -1.07. The summed E-state index contributed by atoms with van der Waals surface area (Å²) in [5, 5.41) is 10.5. The number of aromatic nitrogens is 2. The third-order valence-corrected chi connectivity index (χ3v) is 4.73. The molecule has 1 aromatic carbocycles. The summed E-state index contributed by atoms with van der Waals surface area (Å²) in [4.78, 5) is 16.7. The molecule has 3 N–H and O–H groups in total. The summed E-state index contributed by atoms with van der Waals surface area (Å²) in [6.45, 7) is 8.67. The summed E-state index contributed by atoms with van der Waals surface area (Å²) in [6, 6.07) is 3.66. The first-order valence-corrected chi connectivity index (χ1v) is 7.57. The molecule has 0 saturated heterocycles. The van der Waals surface area contributed by atoms with Gasteiger partial charge in [-0.1, -0.05) is 43.6 Å². The number of hydrogen-bond donors (Lipinski definition) is 3. The van der Waals surface area contributed by atoms with E-state index in [4.69, 9.17) is 0 Å². The quantitative estimate of drug-likeness (QED) is 0.796. The number of imidazole rings is 1. The van der Waals surface area contributed by atoms with Crippen LogP contribution in [-0.2, 0) is 0 Å². The Labute approximate surface area is 126 Å². The van der Waals surface area contributed by atoms with Gasteiger partial charge >= 0.3 is 5.69 Å². The molecule has 0 amide bonds. The van der Waals surface area contributed by atoms with Crippen LogP contribution in [0.3, 0.4) is 0 Å². The Morgan fingerprint density at radius 2 is 1.80 bits per heavy atom. The lowest BCUT2D eigenvalue weighted by Gasteiger charge is -2.29. The van der Waals surface area contributed by atoms with Crippen molar-refractivity contribution in [3.05, 3.63) is 32.7 Å². The molecule has 2 atom stereocenters. The minimum atomic E-state index is -0.554. The average molecular weight is 341 g/mol. The van der Waals surface area contributed by atoms with Gasteiger partial charge in [0.15, 0.2) is 0 Å². The number of aromatic amines is 2. The second-order valence-electron chi connectivity index (χ2n) is 6.52. The summed E-state index contributed by atoms with van der Waals surface area (Å²) in [5.74, 6) is 0.380. The van der Waals surface area contributed by atoms with Gasteiger partial charge in [-0.15, -0.1) is 0 Å². The topological polar surface area (TPSA) is 68.9 Å². The minimum absolute atomic E-state index is 0.153. The smallest absolute Gasteiger partial charge is 0.323 e. The van der Waals surface area contributed by atoms with E-state index in [0.29, 0.717) is 12.3 Å². The summed E-state index contributed by atoms with van der Waals surface area (Å²) < 4.78 is 0.814. The number of fused-ring (bicyclic) bond motifs is 1. The van der Waals surface area contributed by atoms with Gasteiger partial charge in [-0.05, 0) is 35.4 Å². The summed E-state index contributed by atoms with van der Waals surface area (Å²) in [7, 11) is 0. The molecule has 5 heteroatoms. The van der Waals surface area contributed by atoms with E-state index in [0.717, 1.165) is 21.1 Å². The molecule has 4 nitrogen and oxygen atoms in total. The van der Waals surface area contributed by atoms with Gasteiger partial charge in [0.1, 0.15) is 0 Å². The zero-order valence-electron chi connectivity index (χ0n) is 12.2. The first kappa shape index (κ1) is 15.3. The molecule has 2 rings (SSSR count). The van der Waals surface area contributed by atoms with Crippen molar-refractivity contribution in [2.75, 3.05) is 0 Å².